The Bertz CT molecular complexity index is 764. The van der Waals surface area contributed by atoms with Crippen LogP contribution in [0.1, 0.15) is 27.9 Å². The van der Waals surface area contributed by atoms with E-state index < -0.39 is 0 Å². The first-order valence-electron chi connectivity index (χ1n) is 8.13. The van der Waals surface area contributed by atoms with Gasteiger partial charge < -0.3 is 9.80 Å². The molecule has 1 aliphatic rings. The predicted octanol–water partition coefficient (Wildman–Crippen LogP) is 2.61. The van der Waals surface area contributed by atoms with E-state index in [4.69, 9.17) is 5.26 Å². The standard InChI is InChI=1S/C19H20N4O/c1-15-11-17(14-21-13-15)19(24)23-8-2-7-22(9-10-23)18-5-3-16(12-20)4-6-18/h3-6,11,13-14H,2,7-10H2,1H3. The molecule has 0 saturated carbocycles. The Kier molecular flexibility index (Phi) is 4.76. The second-order valence-electron chi connectivity index (χ2n) is 6.04. The molecule has 1 aliphatic heterocycles. The van der Waals surface area contributed by atoms with Crippen LogP contribution in [0.3, 0.4) is 0 Å². The maximum absolute atomic E-state index is 12.7. The minimum atomic E-state index is 0.0490. The SMILES string of the molecule is Cc1cncc(C(=O)N2CCCN(c3ccc(C#N)cc3)CC2)c1. The molecule has 1 aromatic carbocycles. The van der Waals surface area contributed by atoms with Gasteiger partial charge in [-0.15, -0.1) is 0 Å². The molecule has 2 heterocycles. The second-order valence-corrected chi connectivity index (χ2v) is 6.04. The first-order valence-corrected chi connectivity index (χ1v) is 8.13. The molecule has 3 rings (SSSR count). The highest BCUT2D eigenvalue weighted by Crippen LogP contribution is 2.18. The van der Waals surface area contributed by atoms with Crippen molar-refractivity contribution in [2.24, 2.45) is 0 Å². The first kappa shape index (κ1) is 16.0. The van der Waals surface area contributed by atoms with Gasteiger partial charge >= 0.3 is 0 Å². The van der Waals surface area contributed by atoms with Crippen molar-refractivity contribution in [1.82, 2.24) is 9.88 Å². The molecule has 1 saturated heterocycles. The van der Waals surface area contributed by atoms with Crippen molar-refractivity contribution >= 4 is 11.6 Å². The van der Waals surface area contributed by atoms with E-state index in [1.54, 1.807) is 12.4 Å². The van der Waals surface area contributed by atoms with Gasteiger partial charge in [0.05, 0.1) is 17.2 Å². The Morgan fingerprint density at radius 1 is 1.12 bits per heavy atom. The number of anilines is 1. The number of carbonyl (C=O) groups is 1. The molecular weight excluding hydrogens is 300 g/mol. The van der Waals surface area contributed by atoms with Crippen LogP contribution in [0.2, 0.25) is 0 Å². The fourth-order valence-electron chi connectivity index (χ4n) is 2.98. The molecule has 0 spiro atoms. The average molecular weight is 320 g/mol. The molecule has 0 aliphatic carbocycles. The van der Waals surface area contributed by atoms with E-state index in [1.807, 2.05) is 42.2 Å². The number of hydrogen-bond donors (Lipinski definition) is 0. The Morgan fingerprint density at radius 3 is 2.62 bits per heavy atom. The predicted molar refractivity (Wildman–Crippen MR) is 92.9 cm³/mol. The summed E-state index contributed by atoms with van der Waals surface area (Å²) in [5.74, 6) is 0.0490. The van der Waals surface area contributed by atoms with Crippen molar-refractivity contribution in [3.63, 3.8) is 0 Å². The molecule has 1 aromatic heterocycles. The molecular formula is C19H20N4O. The number of benzene rings is 1. The molecule has 5 nitrogen and oxygen atoms in total. The lowest BCUT2D eigenvalue weighted by molar-refractivity contribution is 0.0766. The van der Waals surface area contributed by atoms with Crippen LogP contribution < -0.4 is 4.90 Å². The molecule has 1 amide bonds. The van der Waals surface area contributed by atoms with Crippen molar-refractivity contribution in [2.75, 3.05) is 31.1 Å². The molecule has 2 aromatic rings. The summed E-state index contributed by atoms with van der Waals surface area (Å²) >= 11 is 0. The molecule has 0 unspecified atom stereocenters. The van der Waals surface area contributed by atoms with Crippen molar-refractivity contribution in [2.45, 2.75) is 13.3 Å². The molecule has 122 valence electrons. The average Bonchev–Trinajstić information content (AvgIpc) is 2.87. The van der Waals surface area contributed by atoms with Gasteiger partial charge in [-0.05, 0) is 49.2 Å². The van der Waals surface area contributed by atoms with Crippen molar-refractivity contribution < 1.29 is 4.79 Å². The molecule has 5 heteroatoms. The Balaban J connectivity index is 1.68. The van der Waals surface area contributed by atoms with Crippen LogP contribution in [0.25, 0.3) is 0 Å². The van der Waals surface area contributed by atoms with E-state index in [9.17, 15) is 4.79 Å². The van der Waals surface area contributed by atoms with E-state index in [-0.39, 0.29) is 5.91 Å². The monoisotopic (exact) mass is 320 g/mol. The number of hydrogen-bond acceptors (Lipinski definition) is 4. The van der Waals surface area contributed by atoms with Gasteiger partial charge in [0.2, 0.25) is 0 Å². The van der Waals surface area contributed by atoms with Crippen LogP contribution >= 0.6 is 0 Å². The van der Waals surface area contributed by atoms with Crippen molar-refractivity contribution in [3.8, 4) is 6.07 Å². The molecule has 0 bridgehead atoms. The second kappa shape index (κ2) is 7.14. The number of nitrogens with zero attached hydrogens (tertiary/aromatic N) is 4. The highest BCUT2D eigenvalue weighted by atomic mass is 16.2. The fourth-order valence-corrected chi connectivity index (χ4v) is 2.98. The van der Waals surface area contributed by atoms with Crippen LogP contribution in [0, 0.1) is 18.3 Å². The third kappa shape index (κ3) is 3.54. The summed E-state index contributed by atoms with van der Waals surface area (Å²) in [6.45, 7) is 5.07. The van der Waals surface area contributed by atoms with Crippen molar-refractivity contribution in [3.05, 3.63) is 59.4 Å². The maximum atomic E-state index is 12.7. The van der Waals surface area contributed by atoms with Gasteiger partial charge in [0.1, 0.15) is 0 Å². The Hall–Kier alpha value is -2.87. The van der Waals surface area contributed by atoms with Gasteiger partial charge in [-0.3, -0.25) is 9.78 Å². The summed E-state index contributed by atoms with van der Waals surface area (Å²) in [5.41, 5.74) is 3.41. The van der Waals surface area contributed by atoms with Crippen LogP contribution in [0.15, 0.2) is 42.7 Å². The largest absolute Gasteiger partial charge is 0.370 e. The minimum absolute atomic E-state index is 0.0490. The number of aromatic nitrogens is 1. The van der Waals surface area contributed by atoms with Crippen LogP contribution in [-0.4, -0.2) is 42.0 Å². The highest BCUT2D eigenvalue weighted by molar-refractivity contribution is 5.94. The lowest BCUT2D eigenvalue weighted by Crippen LogP contribution is -2.35. The summed E-state index contributed by atoms with van der Waals surface area (Å²) in [4.78, 5) is 21.0. The summed E-state index contributed by atoms with van der Waals surface area (Å²) in [7, 11) is 0. The van der Waals surface area contributed by atoms with Gasteiger partial charge in [-0.1, -0.05) is 0 Å². The maximum Gasteiger partial charge on any atom is 0.255 e. The van der Waals surface area contributed by atoms with Gasteiger partial charge in [0, 0.05) is 44.3 Å². The van der Waals surface area contributed by atoms with E-state index in [1.165, 1.54) is 0 Å². The van der Waals surface area contributed by atoms with Crippen molar-refractivity contribution in [1.29, 1.82) is 5.26 Å². The molecule has 0 N–H and O–H groups in total. The van der Waals surface area contributed by atoms with E-state index in [2.05, 4.69) is 16.0 Å². The van der Waals surface area contributed by atoms with E-state index in [0.717, 1.165) is 37.3 Å². The van der Waals surface area contributed by atoms with E-state index in [0.29, 0.717) is 17.7 Å². The smallest absolute Gasteiger partial charge is 0.255 e. The normalized spacial score (nSPS) is 14.8. The van der Waals surface area contributed by atoms with Gasteiger partial charge in [0.25, 0.3) is 5.91 Å². The zero-order valence-corrected chi connectivity index (χ0v) is 13.8. The van der Waals surface area contributed by atoms with Crippen LogP contribution in [-0.2, 0) is 0 Å². The number of pyridine rings is 1. The summed E-state index contributed by atoms with van der Waals surface area (Å²) in [6, 6.07) is 11.6. The Morgan fingerprint density at radius 2 is 1.92 bits per heavy atom. The fraction of sp³-hybridized carbons (Fsp3) is 0.316. The lowest BCUT2D eigenvalue weighted by atomic mass is 10.2. The van der Waals surface area contributed by atoms with Crippen LogP contribution in [0.5, 0.6) is 0 Å². The van der Waals surface area contributed by atoms with Crippen LogP contribution in [0.4, 0.5) is 5.69 Å². The number of nitriles is 1. The first-order chi connectivity index (χ1) is 11.7. The number of amides is 1. The third-order valence-electron chi connectivity index (χ3n) is 4.27. The number of carbonyl (C=O) groups excluding carboxylic acids is 1. The zero-order valence-electron chi connectivity index (χ0n) is 13.8. The molecule has 1 fully saturated rings. The highest BCUT2D eigenvalue weighted by Gasteiger charge is 2.20. The Labute approximate surface area is 142 Å². The molecule has 0 atom stereocenters. The quantitative estimate of drug-likeness (QED) is 0.853. The zero-order chi connectivity index (χ0) is 16.9. The topological polar surface area (TPSA) is 60.2 Å². The number of aryl methyl sites for hydroxylation is 1. The van der Waals surface area contributed by atoms with Gasteiger partial charge in [-0.25, -0.2) is 0 Å². The summed E-state index contributed by atoms with van der Waals surface area (Å²) < 4.78 is 0. The van der Waals surface area contributed by atoms with Gasteiger partial charge in [0.15, 0.2) is 0 Å². The molecule has 0 radical (unpaired) electrons. The van der Waals surface area contributed by atoms with Gasteiger partial charge in [-0.2, -0.15) is 5.26 Å². The number of rotatable bonds is 2. The molecule has 24 heavy (non-hydrogen) atoms. The lowest BCUT2D eigenvalue weighted by Gasteiger charge is -2.23. The van der Waals surface area contributed by atoms with E-state index >= 15 is 0 Å². The third-order valence-corrected chi connectivity index (χ3v) is 4.27. The summed E-state index contributed by atoms with van der Waals surface area (Å²) in [5, 5.41) is 8.89. The minimum Gasteiger partial charge on any atom is -0.370 e. The summed E-state index contributed by atoms with van der Waals surface area (Å²) in [6.07, 6.45) is 4.31.